The molecule has 1 N–H and O–H groups in total. The van der Waals surface area contributed by atoms with Crippen LogP contribution in [0.4, 0.5) is 10.2 Å². The van der Waals surface area contributed by atoms with Crippen LogP contribution in [0.1, 0.15) is 0 Å². The van der Waals surface area contributed by atoms with Gasteiger partial charge in [-0.05, 0) is 41.8 Å². The summed E-state index contributed by atoms with van der Waals surface area (Å²) in [6.45, 7) is -0.379. The highest BCUT2D eigenvalue weighted by Gasteiger charge is 2.06. The Morgan fingerprint density at radius 1 is 1.24 bits per heavy atom. The average Bonchev–Trinajstić information content (AvgIpc) is 2.96. The fourth-order valence-corrected chi connectivity index (χ4v) is 3.17. The van der Waals surface area contributed by atoms with E-state index in [9.17, 15) is 4.39 Å². The van der Waals surface area contributed by atoms with Crippen molar-refractivity contribution >= 4 is 27.2 Å². The van der Waals surface area contributed by atoms with Crippen molar-refractivity contribution in [2.45, 2.75) is 0 Å². The lowest BCUT2D eigenvalue weighted by Crippen LogP contribution is -1.97. The van der Waals surface area contributed by atoms with Crippen LogP contribution in [0.2, 0.25) is 0 Å². The average molecular weight is 302 g/mol. The highest BCUT2D eigenvalue weighted by atomic mass is 32.1. The number of hydrogen-bond donors (Lipinski definition) is 1. The molecule has 2 heterocycles. The number of ether oxygens (including phenoxy) is 1. The fraction of sp³-hybridized carbons (Fsp3) is 0.188. The number of hydrogen-bond acceptors (Lipinski definition) is 4. The van der Waals surface area contributed by atoms with Crippen LogP contribution in [0.5, 0.6) is 5.75 Å². The number of aromatic nitrogens is 1. The molecule has 108 valence electrons. The van der Waals surface area contributed by atoms with Crippen molar-refractivity contribution in [3.05, 3.63) is 42.6 Å². The lowest BCUT2D eigenvalue weighted by Gasteiger charge is -2.02. The molecule has 0 amide bonds. The number of nitrogens with zero attached hydrogens (tertiary/aromatic N) is 1. The van der Waals surface area contributed by atoms with E-state index in [0.29, 0.717) is 5.75 Å². The first-order valence-corrected chi connectivity index (χ1v) is 7.48. The van der Waals surface area contributed by atoms with Crippen molar-refractivity contribution in [2.24, 2.45) is 0 Å². The molecule has 0 bridgehead atoms. The first-order chi connectivity index (χ1) is 10.3. The Hall–Kier alpha value is -2.14. The molecule has 5 heteroatoms. The maximum Gasteiger partial charge on any atom is 0.125 e. The Bertz CT molecular complexity index is 740. The molecule has 21 heavy (non-hydrogen) atoms. The number of rotatable bonds is 5. The molecule has 0 unspecified atom stereocenters. The Morgan fingerprint density at radius 2 is 2.14 bits per heavy atom. The van der Waals surface area contributed by atoms with Crippen LogP contribution in [0, 0.1) is 0 Å². The van der Waals surface area contributed by atoms with Gasteiger partial charge >= 0.3 is 0 Å². The number of fused-ring (bicyclic) bond motifs is 1. The van der Waals surface area contributed by atoms with Crippen molar-refractivity contribution in [1.82, 2.24) is 4.98 Å². The number of nitrogens with one attached hydrogen (secondary N) is 1. The van der Waals surface area contributed by atoms with Gasteiger partial charge in [-0.25, -0.2) is 9.37 Å². The van der Waals surface area contributed by atoms with E-state index >= 15 is 0 Å². The molecular weight excluding hydrogens is 287 g/mol. The Morgan fingerprint density at radius 3 is 2.86 bits per heavy atom. The van der Waals surface area contributed by atoms with E-state index in [2.05, 4.69) is 16.4 Å². The summed E-state index contributed by atoms with van der Waals surface area (Å²) in [6.07, 6.45) is 1.86. The molecule has 3 aromatic rings. The minimum atomic E-state index is -0.475. The second-order valence-corrected chi connectivity index (χ2v) is 5.61. The van der Waals surface area contributed by atoms with Gasteiger partial charge in [-0.15, -0.1) is 11.3 Å². The number of halogens is 1. The molecule has 0 atom stereocenters. The number of anilines is 1. The molecule has 1 aromatic carbocycles. The lowest BCUT2D eigenvalue weighted by atomic mass is 10.2. The fourth-order valence-electron chi connectivity index (χ4n) is 2.09. The predicted molar refractivity (Wildman–Crippen MR) is 86.1 cm³/mol. The van der Waals surface area contributed by atoms with Crippen molar-refractivity contribution in [3.63, 3.8) is 0 Å². The van der Waals surface area contributed by atoms with Gasteiger partial charge in [-0.1, -0.05) is 0 Å². The van der Waals surface area contributed by atoms with E-state index in [1.165, 1.54) is 0 Å². The molecule has 0 aliphatic heterocycles. The molecule has 0 fully saturated rings. The van der Waals surface area contributed by atoms with E-state index in [-0.39, 0.29) is 6.61 Å². The summed E-state index contributed by atoms with van der Waals surface area (Å²) in [5.74, 6) is 1.55. The SMILES string of the molecule is CNc1ccc(-c2cc3ccc(OCCF)cc3s2)cn1. The number of thiophene rings is 1. The molecular formula is C16H15FN2OS. The van der Waals surface area contributed by atoms with Crippen molar-refractivity contribution in [2.75, 3.05) is 25.6 Å². The van der Waals surface area contributed by atoms with Gasteiger partial charge in [-0.3, -0.25) is 0 Å². The topological polar surface area (TPSA) is 34.1 Å². The van der Waals surface area contributed by atoms with E-state index in [0.717, 1.165) is 26.3 Å². The van der Waals surface area contributed by atoms with E-state index in [1.807, 2.05) is 43.6 Å². The normalized spacial score (nSPS) is 10.8. The van der Waals surface area contributed by atoms with Crippen LogP contribution < -0.4 is 10.1 Å². The maximum atomic E-state index is 12.1. The predicted octanol–water partition coefficient (Wildman–Crippen LogP) is 4.35. The van der Waals surface area contributed by atoms with Crippen LogP contribution >= 0.6 is 11.3 Å². The zero-order valence-electron chi connectivity index (χ0n) is 11.6. The van der Waals surface area contributed by atoms with Crippen LogP contribution in [-0.4, -0.2) is 25.3 Å². The third kappa shape index (κ3) is 2.97. The summed E-state index contributed by atoms with van der Waals surface area (Å²) in [5.41, 5.74) is 1.08. The highest BCUT2D eigenvalue weighted by Crippen LogP contribution is 2.35. The highest BCUT2D eigenvalue weighted by molar-refractivity contribution is 7.22. The van der Waals surface area contributed by atoms with Gasteiger partial charge in [0.1, 0.15) is 24.8 Å². The number of pyridine rings is 1. The van der Waals surface area contributed by atoms with Crippen LogP contribution in [0.15, 0.2) is 42.6 Å². The van der Waals surface area contributed by atoms with Gasteiger partial charge in [0.2, 0.25) is 0 Å². The van der Waals surface area contributed by atoms with E-state index in [1.54, 1.807) is 11.3 Å². The van der Waals surface area contributed by atoms with Gasteiger partial charge < -0.3 is 10.1 Å². The maximum absolute atomic E-state index is 12.1. The first kappa shape index (κ1) is 13.8. The monoisotopic (exact) mass is 302 g/mol. The zero-order chi connectivity index (χ0) is 14.7. The first-order valence-electron chi connectivity index (χ1n) is 6.66. The van der Waals surface area contributed by atoms with Gasteiger partial charge in [-0.2, -0.15) is 0 Å². The van der Waals surface area contributed by atoms with Gasteiger partial charge in [0.25, 0.3) is 0 Å². The molecule has 0 saturated carbocycles. The smallest absolute Gasteiger partial charge is 0.125 e. The minimum Gasteiger partial charge on any atom is -0.491 e. The largest absolute Gasteiger partial charge is 0.491 e. The quantitative estimate of drug-likeness (QED) is 0.760. The molecule has 0 spiro atoms. The summed E-state index contributed by atoms with van der Waals surface area (Å²) >= 11 is 1.68. The molecule has 3 nitrogen and oxygen atoms in total. The molecule has 2 aromatic heterocycles. The van der Waals surface area contributed by atoms with Crippen LogP contribution in [-0.2, 0) is 0 Å². The lowest BCUT2D eigenvalue weighted by molar-refractivity contribution is 0.273. The molecule has 0 aliphatic rings. The van der Waals surface area contributed by atoms with Crippen molar-refractivity contribution in [3.8, 4) is 16.2 Å². The summed E-state index contributed by atoms with van der Waals surface area (Å²) in [4.78, 5) is 5.49. The molecule has 0 aliphatic carbocycles. The number of benzene rings is 1. The van der Waals surface area contributed by atoms with Crippen LogP contribution in [0.3, 0.4) is 0 Å². The Kier molecular flexibility index (Phi) is 4.01. The van der Waals surface area contributed by atoms with E-state index in [4.69, 9.17) is 4.74 Å². The minimum absolute atomic E-state index is 0.0964. The van der Waals surface area contributed by atoms with Gasteiger partial charge in [0.15, 0.2) is 0 Å². The second-order valence-electron chi connectivity index (χ2n) is 4.53. The molecule has 3 rings (SSSR count). The van der Waals surface area contributed by atoms with Gasteiger partial charge in [0.05, 0.1) is 0 Å². The second kappa shape index (κ2) is 6.10. The van der Waals surface area contributed by atoms with E-state index < -0.39 is 6.67 Å². The summed E-state index contributed by atoms with van der Waals surface area (Å²) in [5, 5.41) is 4.16. The summed E-state index contributed by atoms with van der Waals surface area (Å²) in [6, 6.07) is 12.0. The zero-order valence-corrected chi connectivity index (χ0v) is 12.4. The third-order valence-corrected chi connectivity index (χ3v) is 4.29. The molecule has 0 saturated heterocycles. The summed E-state index contributed by atoms with van der Waals surface area (Å²) in [7, 11) is 1.85. The van der Waals surface area contributed by atoms with Crippen LogP contribution in [0.25, 0.3) is 20.5 Å². The molecule has 0 radical (unpaired) electrons. The Balaban J connectivity index is 1.92. The Labute approximate surface area is 126 Å². The van der Waals surface area contributed by atoms with Gasteiger partial charge in [0, 0.05) is 28.4 Å². The van der Waals surface area contributed by atoms with Crippen molar-refractivity contribution < 1.29 is 9.13 Å². The number of alkyl halides is 1. The summed E-state index contributed by atoms with van der Waals surface area (Å²) < 4.78 is 18.6. The standard InChI is InChI=1S/C16H15FN2OS/c1-18-16-5-3-12(10-19-16)14-8-11-2-4-13(20-7-6-17)9-15(11)21-14/h2-5,8-10H,6-7H2,1H3,(H,18,19). The van der Waals surface area contributed by atoms with Crippen molar-refractivity contribution in [1.29, 1.82) is 0 Å². The third-order valence-electron chi connectivity index (χ3n) is 3.14.